The zero-order valence-corrected chi connectivity index (χ0v) is 16.1. The maximum atomic E-state index is 13.0. The molecule has 4 rings (SSSR count). The second-order valence-electron chi connectivity index (χ2n) is 5.93. The Kier molecular flexibility index (Phi) is 4.90. The summed E-state index contributed by atoms with van der Waals surface area (Å²) in [5.74, 6) is 1.09. The number of nitrogens with zero attached hydrogens (tertiary/aromatic N) is 2. The molecule has 0 saturated heterocycles. The van der Waals surface area contributed by atoms with Gasteiger partial charge in [0.2, 0.25) is 0 Å². The molecule has 2 aromatic carbocycles. The van der Waals surface area contributed by atoms with E-state index in [0.717, 1.165) is 10.9 Å². The number of hydrogen-bond donors (Lipinski definition) is 1. The van der Waals surface area contributed by atoms with E-state index >= 15 is 0 Å². The summed E-state index contributed by atoms with van der Waals surface area (Å²) < 4.78 is 10.8. The fourth-order valence-corrected chi connectivity index (χ4v) is 3.49. The number of thiazole rings is 1. The summed E-state index contributed by atoms with van der Waals surface area (Å²) >= 11 is 1.37. The van der Waals surface area contributed by atoms with Crippen LogP contribution in [0.1, 0.15) is 10.4 Å². The zero-order valence-electron chi connectivity index (χ0n) is 15.3. The fraction of sp³-hybridized carbons (Fsp3) is 0.0952. The minimum atomic E-state index is -0.239. The van der Waals surface area contributed by atoms with Crippen molar-refractivity contribution in [3.63, 3.8) is 0 Å². The van der Waals surface area contributed by atoms with Crippen LogP contribution < -0.4 is 14.8 Å². The van der Waals surface area contributed by atoms with Gasteiger partial charge in [-0.05, 0) is 30.3 Å². The molecule has 7 heteroatoms. The number of ether oxygens (including phenoxy) is 2. The second-order valence-corrected chi connectivity index (χ2v) is 6.82. The number of aromatic nitrogens is 2. The molecule has 1 amide bonds. The summed E-state index contributed by atoms with van der Waals surface area (Å²) in [6.45, 7) is 0. The summed E-state index contributed by atoms with van der Waals surface area (Å²) in [5, 5.41) is 5.97. The van der Waals surface area contributed by atoms with E-state index in [2.05, 4.69) is 10.3 Å². The Balaban J connectivity index is 1.88. The molecule has 28 heavy (non-hydrogen) atoms. The third kappa shape index (κ3) is 3.39. The van der Waals surface area contributed by atoms with Crippen LogP contribution >= 0.6 is 11.3 Å². The molecular weight excluding hydrogens is 374 g/mol. The van der Waals surface area contributed by atoms with Crippen LogP contribution in [-0.2, 0) is 0 Å². The maximum Gasteiger partial charge on any atom is 0.258 e. The van der Waals surface area contributed by atoms with Crippen molar-refractivity contribution >= 4 is 33.3 Å². The van der Waals surface area contributed by atoms with E-state index in [-0.39, 0.29) is 5.91 Å². The number of benzene rings is 2. The minimum absolute atomic E-state index is 0.239. The molecule has 0 fully saturated rings. The molecule has 0 bridgehead atoms. The highest BCUT2D eigenvalue weighted by atomic mass is 32.1. The number of nitrogens with one attached hydrogen (secondary N) is 1. The van der Waals surface area contributed by atoms with Gasteiger partial charge < -0.3 is 9.47 Å². The number of hydrogen-bond acceptors (Lipinski definition) is 6. The quantitative estimate of drug-likeness (QED) is 0.537. The summed E-state index contributed by atoms with van der Waals surface area (Å²) in [6.07, 6.45) is 1.65. The van der Waals surface area contributed by atoms with Gasteiger partial charge in [0.05, 0.1) is 31.0 Å². The van der Waals surface area contributed by atoms with Crippen molar-refractivity contribution in [1.29, 1.82) is 0 Å². The standard InChI is InChI=1S/C21H17N3O3S/c1-26-13-7-8-19(27-2)16(11-13)18-12-15(14-5-3-4-6-17(14)23-18)20(25)24-21-22-9-10-28-21/h3-12H,1-2H3,(H,22,24,25). The van der Waals surface area contributed by atoms with Crippen LogP contribution in [0.2, 0.25) is 0 Å². The van der Waals surface area contributed by atoms with E-state index in [1.165, 1.54) is 11.3 Å². The molecule has 0 aliphatic heterocycles. The number of pyridine rings is 1. The van der Waals surface area contributed by atoms with Gasteiger partial charge >= 0.3 is 0 Å². The van der Waals surface area contributed by atoms with Crippen LogP contribution in [0.3, 0.4) is 0 Å². The lowest BCUT2D eigenvalue weighted by atomic mass is 10.0. The second kappa shape index (κ2) is 7.66. The van der Waals surface area contributed by atoms with Gasteiger partial charge in [-0.2, -0.15) is 0 Å². The monoisotopic (exact) mass is 391 g/mol. The van der Waals surface area contributed by atoms with Crippen molar-refractivity contribution in [2.24, 2.45) is 0 Å². The van der Waals surface area contributed by atoms with Crippen molar-refractivity contribution in [3.8, 4) is 22.8 Å². The highest BCUT2D eigenvalue weighted by molar-refractivity contribution is 7.13. The number of methoxy groups -OCH3 is 2. The molecule has 0 saturated carbocycles. The first kappa shape index (κ1) is 17.9. The lowest BCUT2D eigenvalue weighted by Crippen LogP contribution is -2.13. The highest BCUT2D eigenvalue weighted by Crippen LogP contribution is 2.34. The molecular formula is C21H17N3O3S. The molecule has 0 aliphatic rings. The molecule has 1 N–H and O–H groups in total. The normalized spacial score (nSPS) is 10.6. The van der Waals surface area contributed by atoms with E-state index in [9.17, 15) is 4.79 Å². The number of carbonyl (C=O) groups is 1. The lowest BCUT2D eigenvalue weighted by Gasteiger charge is -2.13. The number of amides is 1. The Hall–Kier alpha value is -3.45. The summed E-state index contributed by atoms with van der Waals surface area (Å²) in [6, 6.07) is 14.8. The lowest BCUT2D eigenvalue weighted by molar-refractivity contribution is 0.102. The molecule has 4 aromatic rings. The van der Waals surface area contributed by atoms with Crippen LogP contribution in [-0.4, -0.2) is 30.1 Å². The largest absolute Gasteiger partial charge is 0.497 e. The molecule has 0 radical (unpaired) electrons. The average molecular weight is 391 g/mol. The van der Waals surface area contributed by atoms with E-state index in [0.29, 0.717) is 33.4 Å². The Morgan fingerprint density at radius 2 is 1.93 bits per heavy atom. The number of anilines is 1. The van der Waals surface area contributed by atoms with Crippen LogP contribution in [0.25, 0.3) is 22.2 Å². The van der Waals surface area contributed by atoms with Crippen molar-refractivity contribution < 1.29 is 14.3 Å². The first-order chi connectivity index (χ1) is 13.7. The maximum absolute atomic E-state index is 13.0. The van der Waals surface area contributed by atoms with Gasteiger partial charge in [-0.15, -0.1) is 11.3 Å². The van der Waals surface area contributed by atoms with Crippen LogP contribution in [0.5, 0.6) is 11.5 Å². The smallest absolute Gasteiger partial charge is 0.258 e. The van der Waals surface area contributed by atoms with Crippen LogP contribution in [0.4, 0.5) is 5.13 Å². The van der Waals surface area contributed by atoms with Crippen LogP contribution in [0.15, 0.2) is 60.1 Å². The molecule has 2 heterocycles. The Morgan fingerprint density at radius 3 is 2.68 bits per heavy atom. The third-order valence-electron chi connectivity index (χ3n) is 4.30. The first-order valence-electron chi connectivity index (χ1n) is 8.52. The molecule has 0 aliphatic carbocycles. The molecule has 2 aromatic heterocycles. The molecule has 0 atom stereocenters. The van der Waals surface area contributed by atoms with Crippen molar-refractivity contribution in [1.82, 2.24) is 9.97 Å². The molecule has 0 spiro atoms. The zero-order chi connectivity index (χ0) is 19.5. The first-order valence-corrected chi connectivity index (χ1v) is 9.40. The van der Waals surface area contributed by atoms with Gasteiger partial charge in [0.15, 0.2) is 5.13 Å². The van der Waals surface area contributed by atoms with Gasteiger partial charge in [0.25, 0.3) is 5.91 Å². The molecule has 140 valence electrons. The Bertz CT molecular complexity index is 1140. The fourth-order valence-electron chi connectivity index (χ4n) is 2.97. The topological polar surface area (TPSA) is 73.3 Å². The van der Waals surface area contributed by atoms with E-state index < -0.39 is 0 Å². The molecule has 0 unspecified atom stereocenters. The van der Waals surface area contributed by atoms with Crippen molar-refractivity contribution in [2.45, 2.75) is 0 Å². The van der Waals surface area contributed by atoms with Gasteiger partial charge in [-0.25, -0.2) is 9.97 Å². The molecule has 6 nitrogen and oxygen atoms in total. The number of fused-ring (bicyclic) bond motifs is 1. The summed E-state index contributed by atoms with van der Waals surface area (Å²) in [7, 11) is 3.20. The third-order valence-corrected chi connectivity index (χ3v) is 4.98. The van der Waals surface area contributed by atoms with Gasteiger partial charge in [0.1, 0.15) is 11.5 Å². The number of rotatable bonds is 5. The number of para-hydroxylation sites is 1. The Labute approximate surface area is 165 Å². The minimum Gasteiger partial charge on any atom is -0.497 e. The SMILES string of the molecule is COc1ccc(OC)c(-c2cc(C(=O)Nc3nccs3)c3ccccc3n2)c1. The van der Waals surface area contributed by atoms with E-state index in [1.807, 2.05) is 47.8 Å². The van der Waals surface area contributed by atoms with Crippen molar-refractivity contribution in [3.05, 3.63) is 65.7 Å². The average Bonchev–Trinajstić information content (AvgIpc) is 3.25. The van der Waals surface area contributed by atoms with Gasteiger partial charge in [0, 0.05) is 22.5 Å². The highest BCUT2D eigenvalue weighted by Gasteiger charge is 2.17. The summed E-state index contributed by atoms with van der Waals surface area (Å²) in [4.78, 5) is 21.8. The number of carbonyl (C=O) groups excluding carboxylic acids is 1. The van der Waals surface area contributed by atoms with E-state index in [1.54, 1.807) is 26.5 Å². The Morgan fingerprint density at radius 1 is 1.07 bits per heavy atom. The van der Waals surface area contributed by atoms with E-state index in [4.69, 9.17) is 14.5 Å². The predicted molar refractivity (Wildman–Crippen MR) is 110 cm³/mol. The predicted octanol–water partition coefficient (Wildman–Crippen LogP) is 4.63. The van der Waals surface area contributed by atoms with Crippen molar-refractivity contribution in [2.75, 3.05) is 19.5 Å². The van der Waals surface area contributed by atoms with Crippen LogP contribution in [0, 0.1) is 0 Å². The summed E-state index contributed by atoms with van der Waals surface area (Å²) in [5.41, 5.74) is 2.60. The van der Waals surface area contributed by atoms with Gasteiger partial charge in [-0.3, -0.25) is 10.1 Å². The van der Waals surface area contributed by atoms with Gasteiger partial charge in [-0.1, -0.05) is 18.2 Å².